The number of rotatable bonds is 57. The molecule has 0 fully saturated rings. The zero-order chi connectivity index (χ0) is 91.4. The predicted molar refractivity (Wildman–Crippen MR) is 427 cm³/mol. The molecule has 1 rings (SSSR count). The second-order valence-electron chi connectivity index (χ2n) is 26.7. The molecule has 6 unspecified atom stereocenters. The molecule has 2 amide bonds. The van der Waals surface area contributed by atoms with E-state index in [0.29, 0.717) is 77.0 Å². The van der Waals surface area contributed by atoms with Crippen molar-refractivity contribution in [3.8, 4) is 0 Å². The summed E-state index contributed by atoms with van der Waals surface area (Å²) in [5.41, 5.74) is 39.6. The molecular weight excluding hydrogens is 1640 g/mol. The Kier molecular flexibility index (Phi) is 60.6. The summed E-state index contributed by atoms with van der Waals surface area (Å²) in [6.07, 6.45) is 5.55. The van der Waals surface area contributed by atoms with Crippen molar-refractivity contribution in [2.75, 3.05) is 60.4 Å². The molecule has 0 heterocycles. The lowest BCUT2D eigenvalue weighted by Crippen LogP contribution is -2.57. The predicted octanol–water partition coefficient (Wildman–Crippen LogP) is -12.7. The van der Waals surface area contributed by atoms with Crippen molar-refractivity contribution < 1.29 is 158 Å². The van der Waals surface area contributed by atoms with E-state index in [1.807, 2.05) is 20.2 Å². The van der Waals surface area contributed by atoms with Gasteiger partial charge in [-0.3, -0.25) is 33.8 Å². The van der Waals surface area contributed by atoms with Gasteiger partial charge in [-0.05, 0) is 82.0 Å². The number of hydrogen-bond acceptors (Lipinski definition) is 34. The Bertz CT molecular complexity index is 3520. The van der Waals surface area contributed by atoms with Crippen LogP contribution >= 0.6 is 0 Å². The van der Waals surface area contributed by atoms with E-state index in [1.165, 1.54) is 21.1 Å². The first-order valence-corrected chi connectivity index (χ1v) is 41.2. The monoisotopic (exact) mass is 1760 g/mol. The number of hydrogen-bond donors (Lipinski definition) is 35. The number of carbonyl (C=O) groups excluding carboxylic acids is 1. The Balaban J connectivity index is -0.000000427. The van der Waals surface area contributed by atoms with Gasteiger partial charge in [-0.2, -0.15) is 56.9 Å². The summed E-state index contributed by atoms with van der Waals surface area (Å²) in [5.74, 6) is -7.97. The Morgan fingerprint density at radius 1 is 0.388 bits per heavy atom. The van der Waals surface area contributed by atoms with Gasteiger partial charge in [0.25, 0.3) is 40.8 Å². The van der Waals surface area contributed by atoms with Gasteiger partial charge in [0.1, 0.15) is 33.2 Å². The van der Waals surface area contributed by atoms with Gasteiger partial charge in [-0.25, -0.2) is 19.4 Å². The van der Waals surface area contributed by atoms with Gasteiger partial charge in [0, 0.05) is 60.4 Å². The number of nitrogens with two attached hydrogens (primary N) is 10. The molecular formula is C54H121B6N19O33S4. The van der Waals surface area contributed by atoms with Crippen molar-refractivity contribution in [1.82, 2.24) is 38.0 Å². The van der Waals surface area contributed by atoms with Gasteiger partial charge < -0.3 is 148 Å². The van der Waals surface area contributed by atoms with E-state index < -0.39 is 185 Å². The average molecular weight is 1760 g/mol. The van der Waals surface area contributed by atoms with Crippen molar-refractivity contribution >= 4 is 131 Å². The van der Waals surface area contributed by atoms with Crippen LogP contribution in [0.4, 0.5) is 4.79 Å². The molecule has 0 aliphatic heterocycles. The summed E-state index contributed by atoms with van der Waals surface area (Å²) in [5, 5.41) is 165. The van der Waals surface area contributed by atoms with Crippen LogP contribution in [0.2, 0.25) is 37.9 Å². The number of aliphatic carboxylic acids is 6. The third-order valence-electron chi connectivity index (χ3n) is 16.1. The number of amides is 2. The molecule has 0 aliphatic carbocycles. The number of carbonyl (C=O) groups is 7. The summed E-state index contributed by atoms with van der Waals surface area (Å²) >= 11 is 0. The highest BCUT2D eigenvalue weighted by molar-refractivity contribution is 7.88. The van der Waals surface area contributed by atoms with E-state index >= 15 is 0 Å². The van der Waals surface area contributed by atoms with Crippen LogP contribution in [0.5, 0.6) is 0 Å². The van der Waals surface area contributed by atoms with Gasteiger partial charge in [0.15, 0.2) is 5.96 Å². The molecule has 6 atom stereocenters. The Hall–Kier alpha value is -6.27. The largest absolute Gasteiger partial charge is 0.480 e. The highest BCUT2D eigenvalue weighted by Gasteiger charge is 2.40. The third-order valence-corrected chi connectivity index (χ3v) is 20.2. The number of carboxylic acids is 6. The number of benzene rings is 1. The first-order valence-electron chi connectivity index (χ1n) is 35.2. The second-order valence-corrected chi connectivity index (χ2v) is 33.4. The minimum absolute atomic E-state index is 0.00371. The van der Waals surface area contributed by atoms with Crippen molar-refractivity contribution in [3.63, 3.8) is 0 Å². The quantitative estimate of drug-likeness (QED) is 0.0125. The summed E-state index contributed by atoms with van der Waals surface area (Å²) in [4.78, 5) is 80.6. The number of aliphatic imine (C=N–C) groups is 1. The van der Waals surface area contributed by atoms with E-state index in [0.717, 1.165) is 9.87 Å². The standard InChI is InChI=1S/C14H24BN3O6S.C9H22BN3O6S.C8H19BN4O4.C8H20BN3O6S.C8H18BN3O5.C7H18BN3O6S/c16-14(13(19)20,8-4-5-9-15(21)22)11-18-25(23,24)17-10-12-6-2-1-3-7-12;1-13(2)20(18,19)12-7-9(11,8(14)15)5-3-4-6-10(16)17;10-7(11)13-5-8(12,6(14)15)3-1-2-4-9(16)17;1-11-19(17,18)12-6-8(10,7(13)14)4-2-3-5-9(15)16;10-7(15)12-5-8(11,6(13)14)3-1-2-4-9(16)17;9-7(6(12)13,5-11-18(10,16)17)3-1-2-4-8(14)15/h1-3,6-7,17-18,21-22H,4-5,8-11,16H2,(H,19,20);12,16-17H,3-7,11H2,1-2H3,(H,14,15);16-17H,1-5,12H2,(H,14,15)(H4,10,11,13);11-12,15-16H,2-6,10H2,1H3,(H,13,14);16-17H,1-5,11H2,(H,13,14)(H3,10,12,15);11,14-15H,1-5,9H2,(H,12,13)(H2,10,16,17). The van der Waals surface area contributed by atoms with E-state index in [4.69, 9.17) is 137 Å². The molecule has 0 saturated heterocycles. The Morgan fingerprint density at radius 2 is 0.647 bits per heavy atom. The molecule has 0 spiro atoms. The fourth-order valence-electron chi connectivity index (χ4n) is 8.61. The zero-order valence-corrected chi connectivity index (χ0v) is 68.0. The van der Waals surface area contributed by atoms with Gasteiger partial charge >= 0.3 is 84.6 Å². The number of primary amides is 1. The number of urea groups is 1. The van der Waals surface area contributed by atoms with Crippen molar-refractivity contribution in [3.05, 3.63) is 35.9 Å². The molecule has 1 aromatic carbocycles. The van der Waals surface area contributed by atoms with Crippen LogP contribution in [-0.2, 0) is 76.1 Å². The van der Waals surface area contributed by atoms with Crippen LogP contribution < -0.4 is 90.4 Å². The Morgan fingerprint density at radius 3 is 0.888 bits per heavy atom. The highest BCUT2D eigenvalue weighted by Crippen LogP contribution is 2.20. The van der Waals surface area contributed by atoms with Crippen LogP contribution in [0, 0.1) is 0 Å². The van der Waals surface area contributed by atoms with Gasteiger partial charge in [0.2, 0.25) is 0 Å². The fourth-order valence-corrected chi connectivity index (χ4v) is 11.3. The van der Waals surface area contributed by atoms with Crippen LogP contribution in [0.1, 0.15) is 121 Å². The summed E-state index contributed by atoms with van der Waals surface area (Å²) in [6, 6.07) is 8.02. The maximum Gasteiger partial charge on any atom is 0.451 e. The fraction of sp³-hybridized carbons (Fsp3) is 0.741. The van der Waals surface area contributed by atoms with E-state index in [1.54, 1.807) is 24.3 Å². The lowest BCUT2D eigenvalue weighted by Gasteiger charge is -2.25. The van der Waals surface area contributed by atoms with Crippen LogP contribution in [0.25, 0.3) is 0 Å². The van der Waals surface area contributed by atoms with E-state index in [2.05, 4.69) is 29.6 Å². The maximum atomic E-state index is 12.0. The van der Waals surface area contributed by atoms with Crippen molar-refractivity contribution in [1.29, 1.82) is 0 Å². The summed E-state index contributed by atoms with van der Waals surface area (Å²) in [7, 11) is -20.2. The number of guanidine groups is 1. The normalized spacial score (nSPS) is 14.5. The summed E-state index contributed by atoms with van der Waals surface area (Å²) in [6.45, 7) is -2.30. The van der Waals surface area contributed by atoms with Crippen molar-refractivity contribution in [2.45, 2.75) is 193 Å². The first-order chi connectivity index (χ1) is 52.9. The molecule has 52 nitrogen and oxygen atoms in total. The number of nitrogens with one attached hydrogen (secondary N) is 7. The molecule has 0 saturated carbocycles. The van der Waals surface area contributed by atoms with Crippen LogP contribution in [0.3, 0.4) is 0 Å². The molecule has 116 heavy (non-hydrogen) atoms. The van der Waals surface area contributed by atoms with Gasteiger partial charge in [-0.15, -0.1) is 0 Å². The SMILES string of the molecule is CN(C)S(=O)(=O)NCC(N)(CCCCB(O)O)C(=O)O.CNS(=O)(=O)NCC(N)(CCCCB(O)O)C(=O)O.NC(=O)NCC(N)(CCCCB(O)O)C(=O)O.NC(CCCCB(O)O)(CNS(=O)(=O)NCc1ccccc1)C(=O)O.NC(CCCCB(O)O)(CNS(N)(=O)=O)C(=O)O.NC(N)=NCC(N)(CCCCB(O)O)C(=O)O. The lowest BCUT2D eigenvalue weighted by atomic mass is 9.82. The number of unbranched alkanes of at least 4 members (excludes halogenated alkanes) is 6. The molecule has 1 aromatic rings. The van der Waals surface area contributed by atoms with Crippen LogP contribution in [0.15, 0.2) is 35.3 Å². The summed E-state index contributed by atoms with van der Waals surface area (Å²) < 4.78 is 104. The number of nitrogens with zero attached hydrogens (tertiary/aromatic N) is 2. The molecule has 62 heteroatoms. The minimum atomic E-state index is -4.01. The highest BCUT2D eigenvalue weighted by atomic mass is 32.2. The van der Waals surface area contributed by atoms with Crippen LogP contribution in [-0.4, -0.2) is 313 Å². The number of carboxylic acid groups (broad SMARTS) is 6. The van der Waals surface area contributed by atoms with E-state index in [9.17, 15) is 72.3 Å². The average Bonchev–Trinajstić information content (AvgIpc) is 0.871. The van der Waals surface area contributed by atoms with Gasteiger partial charge in [0.05, 0.1) is 6.54 Å². The molecule has 0 aromatic heterocycles. The van der Waals surface area contributed by atoms with E-state index in [-0.39, 0.29) is 102 Å². The van der Waals surface area contributed by atoms with Crippen molar-refractivity contribution in [2.24, 2.45) is 61.7 Å². The topological polar surface area (TPSA) is 980 Å². The molecule has 0 aliphatic rings. The minimum Gasteiger partial charge on any atom is -0.480 e. The third kappa shape index (κ3) is 62.0. The Labute approximate surface area is 675 Å². The zero-order valence-electron chi connectivity index (χ0n) is 64.7. The maximum absolute atomic E-state index is 12.0. The first kappa shape index (κ1) is 118. The smallest absolute Gasteiger partial charge is 0.451 e. The van der Waals surface area contributed by atoms with Gasteiger partial charge in [-0.1, -0.05) is 107 Å². The molecule has 0 bridgehead atoms. The lowest BCUT2D eigenvalue weighted by molar-refractivity contribution is -0.144. The second kappa shape index (κ2) is 59.4. The molecule has 0 radical (unpaired) electrons. The molecule has 672 valence electrons. The molecule has 45 N–H and O–H groups in total.